The minimum Gasteiger partial charge on any atom is -0.384 e. The summed E-state index contributed by atoms with van der Waals surface area (Å²) in [7, 11) is 1.70. The van der Waals surface area contributed by atoms with E-state index in [1.165, 1.54) is 4.90 Å². The second-order valence-corrected chi connectivity index (χ2v) is 5.95. The number of benzene rings is 1. The summed E-state index contributed by atoms with van der Waals surface area (Å²) in [5.41, 5.74) is 6.59. The van der Waals surface area contributed by atoms with Gasteiger partial charge in [0.2, 0.25) is 5.91 Å². The molecule has 0 saturated heterocycles. The van der Waals surface area contributed by atoms with Gasteiger partial charge in [-0.05, 0) is 24.6 Å². The molecule has 2 atom stereocenters. The molecule has 2 unspecified atom stereocenters. The standard InChI is InChI=1S/C15H24N2O2S.ClH/c1-11(10-16)15(18)17-12(2)13-4-6-14(7-5-13)20-9-8-19-3;/h4-7,11-12H,8-10,16H2,1-3H3,(H,17,18);1H. The van der Waals surface area contributed by atoms with Gasteiger partial charge in [-0.2, -0.15) is 0 Å². The molecule has 0 spiro atoms. The molecule has 120 valence electrons. The summed E-state index contributed by atoms with van der Waals surface area (Å²) in [5, 5.41) is 2.97. The topological polar surface area (TPSA) is 64.3 Å². The van der Waals surface area contributed by atoms with Crippen molar-refractivity contribution in [3.05, 3.63) is 29.8 Å². The van der Waals surface area contributed by atoms with Gasteiger partial charge in [0.25, 0.3) is 0 Å². The highest BCUT2D eigenvalue weighted by Gasteiger charge is 2.14. The average molecular weight is 333 g/mol. The number of amides is 1. The summed E-state index contributed by atoms with van der Waals surface area (Å²) in [6.45, 7) is 4.93. The Hall–Kier alpha value is -0.750. The van der Waals surface area contributed by atoms with E-state index in [0.717, 1.165) is 17.9 Å². The molecule has 0 aliphatic heterocycles. The van der Waals surface area contributed by atoms with Crippen molar-refractivity contribution in [1.82, 2.24) is 5.32 Å². The summed E-state index contributed by atoms with van der Waals surface area (Å²) in [5.74, 6) is 0.788. The molecule has 0 aliphatic carbocycles. The predicted octanol–water partition coefficient (Wildman–Crippen LogP) is 2.62. The summed E-state index contributed by atoms with van der Waals surface area (Å²) in [6, 6.07) is 8.24. The zero-order chi connectivity index (χ0) is 15.0. The Bertz CT molecular complexity index is 415. The van der Waals surface area contributed by atoms with Gasteiger partial charge in [-0.25, -0.2) is 0 Å². The number of nitrogens with two attached hydrogens (primary N) is 1. The molecule has 0 heterocycles. The van der Waals surface area contributed by atoms with Gasteiger partial charge < -0.3 is 15.8 Å². The van der Waals surface area contributed by atoms with Crippen LogP contribution in [-0.2, 0) is 9.53 Å². The summed E-state index contributed by atoms with van der Waals surface area (Å²) in [6.07, 6.45) is 0. The van der Waals surface area contributed by atoms with Crippen LogP contribution in [0.15, 0.2) is 29.2 Å². The lowest BCUT2D eigenvalue weighted by atomic mass is 10.1. The SMILES string of the molecule is COCCSc1ccc(C(C)NC(=O)C(C)CN)cc1.Cl. The first kappa shape index (κ1) is 20.2. The third kappa shape index (κ3) is 7.18. The number of thioether (sulfide) groups is 1. The van der Waals surface area contributed by atoms with Gasteiger partial charge in [-0.1, -0.05) is 19.1 Å². The number of nitrogens with one attached hydrogen (secondary N) is 1. The Balaban J connectivity index is 0.00000400. The number of hydrogen-bond acceptors (Lipinski definition) is 4. The second kappa shape index (κ2) is 10.9. The number of ether oxygens (including phenoxy) is 1. The maximum absolute atomic E-state index is 11.8. The number of rotatable bonds is 8. The van der Waals surface area contributed by atoms with Gasteiger partial charge in [-0.15, -0.1) is 24.2 Å². The molecule has 0 saturated carbocycles. The molecule has 3 N–H and O–H groups in total. The first-order valence-electron chi connectivity index (χ1n) is 6.80. The van der Waals surface area contributed by atoms with Gasteiger partial charge in [0.15, 0.2) is 0 Å². The number of halogens is 1. The number of hydrogen-bond donors (Lipinski definition) is 2. The van der Waals surface area contributed by atoms with E-state index in [9.17, 15) is 4.79 Å². The maximum atomic E-state index is 11.8. The highest BCUT2D eigenvalue weighted by Crippen LogP contribution is 2.21. The van der Waals surface area contributed by atoms with E-state index >= 15 is 0 Å². The molecule has 0 bridgehead atoms. The predicted molar refractivity (Wildman–Crippen MR) is 91.1 cm³/mol. The van der Waals surface area contributed by atoms with E-state index in [1.54, 1.807) is 18.9 Å². The molecule has 4 nitrogen and oxygen atoms in total. The molecular formula is C15H25ClN2O2S. The molecule has 0 radical (unpaired) electrons. The van der Waals surface area contributed by atoms with E-state index < -0.39 is 0 Å². The Kier molecular flexibility index (Phi) is 10.5. The third-order valence-electron chi connectivity index (χ3n) is 3.10. The van der Waals surface area contributed by atoms with Gasteiger partial charge in [0, 0.05) is 30.2 Å². The fraction of sp³-hybridized carbons (Fsp3) is 0.533. The molecule has 1 aromatic carbocycles. The van der Waals surface area contributed by atoms with Crippen molar-refractivity contribution in [2.45, 2.75) is 24.8 Å². The Morgan fingerprint density at radius 3 is 2.48 bits per heavy atom. The van der Waals surface area contributed by atoms with Crippen molar-refractivity contribution in [1.29, 1.82) is 0 Å². The van der Waals surface area contributed by atoms with E-state index in [1.807, 2.05) is 26.0 Å². The van der Waals surface area contributed by atoms with E-state index in [2.05, 4.69) is 17.4 Å². The van der Waals surface area contributed by atoms with E-state index in [4.69, 9.17) is 10.5 Å². The molecule has 0 fully saturated rings. The molecule has 1 aromatic rings. The Morgan fingerprint density at radius 1 is 1.33 bits per heavy atom. The molecule has 0 aliphatic rings. The maximum Gasteiger partial charge on any atom is 0.224 e. The van der Waals surface area contributed by atoms with Crippen molar-refractivity contribution in [3.8, 4) is 0 Å². The zero-order valence-electron chi connectivity index (χ0n) is 12.8. The van der Waals surface area contributed by atoms with Crippen LogP contribution < -0.4 is 11.1 Å². The van der Waals surface area contributed by atoms with Crippen molar-refractivity contribution in [2.75, 3.05) is 26.0 Å². The minimum absolute atomic E-state index is 0. The minimum atomic E-state index is -0.152. The second-order valence-electron chi connectivity index (χ2n) is 4.78. The van der Waals surface area contributed by atoms with Crippen molar-refractivity contribution < 1.29 is 9.53 Å². The quantitative estimate of drug-likeness (QED) is 0.567. The van der Waals surface area contributed by atoms with Crippen LogP contribution in [0.1, 0.15) is 25.5 Å². The van der Waals surface area contributed by atoms with Crippen molar-refractivity contribution >= 4 is 30.1 Å². The number of methoxy groups -OCH3 is 1. The molecule has 1 rings (SSSR count). The van der Waals surface area contributed by atoms with Crippen LogP contribution in [0.25, 0.3) is 0 Å². The molecule has 1 amide bonds. The fourth-order valence-electron chi connectivity index (χ4n) is 1.64. The first-order chi connectivity index (χ1) is 9.58. The summed E-state index contributed by atoms with van der Waals surface area (Å²) < 4.78 is 5.02. The zero-order valence-corrected chi connectivity index (χ0v) is 14.4. The Labute approximate surface area is 137 Å². The fourth-order valence-corrected chi connectivity index (χ4v) is 2.46. The van der Waals surface area contributed by atoms with Crippen molar-refractivity contribution in [2.24, 2.45) is 11.7 Å². The number of carbonyl (C=O) groups excluding carboxylic acids is 1. The summed E-state index contributed by atoms with van der Waals surface area (Å²) in [4.78, 5) is 13.0. The Morgan fingerprint density at radius 2 is 1.95 bits per heavy atom. The molecular weight excluding hydrogens is 308 g/mol. The van der Waals surface area contributed by atoms with Gasteiger partial charge in [0.1, 0.15) is 0 Å². The lowest BCUT2D eigenvalue weighted by molar-refractivity contribution is -0.124. The van der Waals surface area contributed by atoms with E-state index in [0.29, 0.717) is 6.54 Å². The first-order valence-corrected chi connectivity index (χ1v) is 7.79. The van der Waals surface area contributed by atoms with Crippen molar-refractivity contribution in [3.63, 3.8) is 0 Å². The van der Waals surface area contributed by atoms with Crippen LogP contribution >= 0.6 is 24.2 Å². The lowest BCUT2D eigenvalue weighted by Crippen LogP contribution is -2.34. The van der Waals surface area contributed by atoms with Crippen LogP contribution in [0, 0.1) is 5.92 Å². The molecule has 0 aromatic heterocycles. The largest absolute Gasteiger partial charge is 0.384 e. The highest BCUT2D eigenvalue weighted by atomic mass is 35.5. The average Bonchev–Trinajstić information content (AvgIpc) is 2.47. The normalized spacial score (nSPS) is 13.1. The molecule has 21 heavy (non-hydrogen) atoms. The van der Waals surface area contributed by atoms with Gasteiger partial charge in [-0.3, -0.25) is 4.79 Å². The van der Waals surface area contributed by atoms with E-state index in [-0.39, 0.29) is 30.3 Å². The monoisotopic (exact) mass is 332 g/mol. The molecule has 6 heteroatoms. The van der Waals surface area contributed by atoms with Gasteiger partial charge in [0.05, 0.1) is 12.6 Å². The van der Waals surface area contributed by atoms with Crippen LogP contribution in [0.5, 0.6) is 0 Å². The van der Waals surface area contributed by atoms with Gasteiger partial charge >= 0.3 is 0 Å². The smallest absolute Gasteiger partial charge is 0.224 e. The third-order valence-corrected chi connectivity index (χ3v) is 4.07. The van der Waals surface area contributed by atoms with Crippen LogP contribution in [-0.4, -0.2) is 31.9 Å². The number of carbonyl (C=O) groups is 1. The van der Waals surface area contributed by atoms with Crippen LogP contribution in [0.2, 0.25) is 0 Å². The van der Waals surface area contributed by atoms with Crippen LogP contribution in [0.3, 0.4) is 0 Å². The highest BCUT2D eigenvalue weighted by molar-refractivity contribution is 7.99. The van der Waals surface area contributed by atoms with Crippen LogP contribution in [0.4, 0.5) is 0 Å². The lowest BCUT2D eigenvalue weighted by Gasteiger charge is -2.17. The summed E-state index contributed by atoms with van der Waals surface area (Å²) >= 11 is 1.76.